The standard InChI is InChI=1S/C13H12INO2/c1-8-3-4-10(7-12(8)14)15-13(16)11-5-6-17-9(11)2/h3-7H,1-2H3,(H,15,16). The van der Waals surface area contributed by atoms with Crippen LogP contribution in [0.5, 0.6) is 0 Å². The van der Waals surface area contributed by atoms with Gasteiger partial charge in [-0.3, -0.25) is 4.79 Å². The van der Waals surface area contributed by atoms with Crippen LogP contribution in [0.3, 0.4) is 0 Å². The normalized spacial score (nSPS) is 10.3. The number of nitrogens with one attached hydrogen (secondary N) is 1. The number of carbonyl (C=O) groups excluding carboxylic acids is 1. The molecule has 88 valence electrons. The van der Waals surface area contributed by atoms with Crippen LogP contribution in [-0.4, -0.2) is 5.91 Å². The Balaban J connectivity index is 2.19. The van der Waals surface area contributed by atoms with Crippen LogP contribution in [0.25, 0.3) is 0 Å². The van der Waals surface area contributed by atoms with Gasteiger partial charge in [0.2, 0.25) is 0 Å². The number of furan rings is 1. The van der Waals surface area contributed by atoms with E-state index in [1.807, 2.05) is 25.1 Å². The summed E-state index contributed by atoms with van der Waals surface area (Å²) in [5.41, 5.74) is 2.56. The summed E-state index contributed by atoms with van der Waals surface area (Å²) in [6.07, 6.45) is 1.52. The van der Waals surface area contributed by atoms with E-state index in [4.69, 9.17) is 4.42 Å². The van der Waals surface area contributed by atoms with E-state index in [0.717, 1.165) is 9.26 Å². The van der Waals surface area contributed by atoms with Gasteiger partial charge in [-0.15, -0.1) is 0 Å². The van der Waals surface area contributed by atoms with E-state index in [1.165, 1.54) is 11.8 Å². The number of amides is 1. The van der Waals surface area contributed by atoms with Crippen molar-refractivity contribution in [2.45, 2.75) is 13.8 Å². The van der Waals surface area contributed by atoms with Crippen LogP contribution in [0.15, 0.2) is 34.9 Å². The number of rotatable bonds is 2. The van der Waals surface area contributed by atoms with Gasteiger partial charge in [0.05, 0.1) is 11.8 Å². The summed E-state index contributed by atoms with van der Waals surface area (Å²) >= 11 is 2.25. The molecule has 2 rings (SSSR count). The molecule has 0 aliphatic heterocycles. The molecule has 1 N–H and O–H groups in total. The van der Waals surface area contributed by atoms with Gasteiger partial charge in [0.1, 0.15) is 5.76 Å². The average Bonchev–Trinajstić information content (AvgIpc) is 2.70. The monoisotopic (exact) mass is 341 g/mol. The first-order valence-corrected chi connectivity index (χ1v) is 6.27. The number of aryl methyl sites for hydroxylation is 2. The molecule has 1 aromatic heterocycles. The molecule has 2 aromatic rings. The highest BCUT2D eigenvalue weighted by molar-refractivity contribution is 14.1. The summed E-state index contributed by atoms with van der Waals surface area (Å²) in [6.45, 7) is 3.81. The van der Waals surface area contributed by atoms with Crippen molar-refractivity contribution in [2.24, 2.45) is 0 Å². The number of hydrogen-bond acceptors (Lipinski definition) is 2. The molecule has 0 saturated heterocycles. The summed E-state index contributed by atoms with van der Waals surface area (Å²) in [5, 5.41) is 2.85. The first kappa shape index (κ1) is 12.2. The zero-order chi connectivity index (χ0) is 12.4. The lowest BCUT2D eigenvalue weighted by molar-refractivity contribution is 0.102. The van der Waals surface area contributed by atoms with E-state index < -0.39 is 0 Å². The minimum atomic E-state index is -0.143. The highest BCUT2D eigenvalue weighted by Crippen LogP contribution is 2.18. The second-order valence-corrected chi connectivity index (χ2v) is 4.97. The Bertz CT molecular complexity index is 560. The van der Waals surface area contributed by atoms with E-state index in [2.05, 4.69) is 27.9 Å². The fourth-order valence-corrected chi connectivity index (χ4v) is 2.00. The van der Waals surface area contributed by atoms with E-state index >= 15 is 0 Å². The van der Waals surface area contributed by atoms with Crippen molar-refractivity contribution in [3.8, 4) is 0 Å². The fraction of sp³-hybridized carbons (Fsp3) is 0.154. The Morgan fingerprint density at radius 1 is 1.29 bits per heavy atom. The van der Waals surface area contributed by atoms with Gasteiger partial charge in [-0.2, -0.15) is 0 Å². The molecule has 1 heterocycles. The summed E-state index contributed by atoms with van der Waals surface area (Å²) in [5.74, 6) is 0.486. The number of hydrogen-bond donors (Lipinski definition) is 1. The third-order valence-electron chi connectivity index (χ3n) is 2.53. The van der Waals surface area contributed by atoms with Gasteiger partial charge in [-0.25, -0.2) is 0 Å². The fourth-order valence-electron chi connectivity index (χ4n) is 1.49. The molecule has 0 spiro atoms. The van der Waals surface area contributed by atoms with Crippen molar-refractivity contribution in [2.75, 3.05) is 5.32 Å². The predicted octanol–water partition coefficient (Wildman–Crippen LogP) is 3.75. The SMILES string of the molecule is Cc1ccc(NC(=O)c2ccoc2C)cc1I. The van der Waals surface area contributed by atoms with Crippen molar-refractivity contribution < 1.29 is 9.21 Å². The molecular weight excluding hydrogens is 329 g/mol. The molecule has 0 aliphatic rings. The second kappa shape index (κ2) is 4.91. The van der Waals surface area contributed by atoms with Crippen LogP contribution in [0.2, 0.25) is 0 Å². The molecular formula is C13H12INO2. The van der Waals surface area contributed by atoms with Crippen molar-refractivity contribution >= 4 is 34.2 Å². The van der Waals surface area contributed by atoms with E-state index in [-0.39, 0.29) is 5.91 Å². The van der Waals surface area contributed by atoms with Crippen molar-refractivity contribution in [3.63, 3.8) is 0 Å². The van der Waals surface area contributed by atoms with Gasteiger partial charge in [-0.05, 0) is 60.2 Å². The molecule has 0 fully saturated rings. The smallest absolute Gasteiger partial charge is 0.259 e. The molecule has 1 amide bonds. The van der Waals surface area contributed by atoms with Gasteiger partial charge >= 0.3 is 0 Å². The van der Waals surface area contributed by atoms with Crippen LogP contribution in [0.1, 0.15) is 21.7 Å². The highest BCUT2D eigenvalue weighted by atomic mass is 127. The topological polar surface area (TPSA) is 42.2 Å². The maximum atomic E-state index is 11.9. The first-order valence-electron chi connectivity index (χ1n) is 5.19. The van der Waals surface area contributed by atoms with Gasteiger partial charge < -0.3 is 9.73 Å². The largest absolute Gasteiger partial charge is 0.469 e. The van der Waals surface area contributed by atoms with Gasteiger partial charge in [0, 0.05) is 9.26 Å². The number of benzene rings is 1. The van der Waals surface area contributed by atoms with Gasteiger partial charge in [0.15, 0.2) is 0 Å². The van der Waals surface area contributed by atoms with Crippen LogP contribution in [0, 0.1) is 17.4 Å². The Kier molecular flexibility index (Phi) is 3.51. The minimum absolute atomic E-state index is 0.143. The second-order valence-electron chi connectivity index (χ2n) is 3.81. The lowest BCUT2D eigenvalue weighted by atomic mass is 10.2. The summed E-state index contributed by atoms with van der Waals surface area (Å²) < 4.78 is 6.23. The van der Waals surface area contributed by atoms with Crippen LogP contribution >= 0.6 is 22.6 Å². The maximum absolute atomic E-state index is 11.9. The van der Waals surface area contributed by atoms with E-state index in [1.54, 1.807) is 13.0 Å². The summed E-state index contributed by atoms with van der Waals surface area (Å²) in [7, 11) is 0. The average molecular weight is 341 g/mol. The zero-order valence-corrected chi connectivity index (χ0v) is 11.7. The minimum Gasteiger partial charge on any atom is -0.469 e. The molecule has 0 saturated carbocycles. The first-order chi connectivity index (χ1) is 8.08. The lowest BCUT2D eigenvalue weighted by Crippen LogP contribution is -2.12. The van der Waals surface area contributed by atoms with Crippen LogP contribution in [-0.2, 0) is 0 Å². The molecule has 0 radical (unpaired) electrons. The lowest BCUT2D eigenvalue weighted by Gasteiger charge is -2.06. The molecule has 1 aromatic carbocycles. The predicted molar refractivity (Wildman–Crippen MR) is 75.3 cm³/mol. The van der Waals surface area contributed by atoms with Gasteiger partial charge in [0.25, 0.3) is 5.91 Å². The number of halogens is 1. The maximum Gasteiger partial charge on any atom is 0.259 e. The Morgan fingerprint density at radius 2 is 2.06 bits per heavy atom. The Hall–Kier alpha value is -1.30. The van der Waals surface area contributed by atoms with Crippen LogP contribution in [0.4, 0.5) is 5.69 Å². The zero-order valence-electron chi connectivity index (χ0n) is 9.58. The van der Waals surface area contributed by atoms with Crippen molar-refractivity contribution in [3.05, 3.63) is 51.0 Å². The summed E-state index contributed by atoms with van der Waals surface area (Å²) in [4.78, 5) is 11.9. The highest BCUT2D eigenvalue weighted by Gasteiger charge is 2.11. The summed E-state index contributed by atoms with van der Waals surface area (Å²) in [6, 6.07) is 7.50. The molecule has 17 heavy (non-hydrogen) atoms. The van der Waals surface area contributed by atoms with E-state index in [9.17, 15) is 4.79 Å². The molecule has 3 nitrogen and oxygen atoms in total. The van der Waals surface area contributed by atoms with E-state index in [0.29, 0.717) is 11.3 Å². The van der Waals surface area contributed by atoms with Gasteiger partial charge in [-0.1, -0.05) is 6.07 Å². The Labute approximate surface area is 113 Å². The molecule has 0 bridgehead atoms. The third kappa shape index (κ3) is 2.69. The molecule has 0 aliphatic carbocycles. The van der Waals surface area contributed by atoms with Crippen LogP contribution < -0.4 is 5.32 Å². The third-order valence-corrected chi connectivity index (χ3v) is 3.70. The number of carbonyl (C=O) groups is 1. The van der Waals surface area contributed by atoms with Crippen molar-refractivity contribution in [1.82, 2.24) is 0 Å². The quantitative estimate of drug-likeness (QED) is 0.846. The Morgan fingerprint density at radius 3 is 2.65 bits per heavy atom. The number of anilines is 1. The molecule has 0 unspecified atom stereocenters. The molecule has 4 heteroatoms. The van der Waals surface area contributed by atoms with Crippen molar-refractivity contribution in [1.29, 1.82) is 0 Å². The molecule has 0 atom stereocenters.